The number of hydrogen-bond donors (Lipinski definition) is 0. The van der Waals surface area contributed by atoms with Crippen LogP contribution in [-0.2, 0) is 19.6 Å². The summed E-state index contributed by atoms with van der Waals surface area (Å²) in [5, 5.41) is 0.546. The maximum Gasteiger partial charge on any atom is 0.363 e. The van der Waals surface area contributed by atoms with Crippen molar-refractivity contribution in [2.75, 3.05) is 0 Å². The Morgan fingerprint density at radius 3 is 2.30 bits per heavy atom. The Kier molecular flexibility index (Phi) is 5.39. The van der Waals surface area contributed by atoms with Crippen molar-refractivity contribution in [3.05, 3.63) is 101 Å². The minimum Gasteiger partial charge on any atom is -0.402 e. The zero-order chi connectivity index (χ0) is 21.1. The third-order valence-electron chi connectivity index (χ3n) is 4.15. The predicted molar refractivity (Wildman–Crippen MR) is 113 cm³/mol. The second-order valence-electron chi connectivity index (χ2n) is 6.23. The van der Waals surface area contributed by atoms with Gasteiger partial charge in [-0.05, 0) is 48.5 Å². The van der Waals surface area contributed by atoms with Gasteiger partial charge >= 0.3 is 16.1 Å². The van der Waals surface area contributed by atoms with Crippen molar-refractivity contribution in [2.45, 2.75) is 4.90 Å². The van der Waals surface area contributed by atoms with Gasteiger partial charge in [0, 0.05) is 16.1 Å². The maximum absolute atomic E-state index is 12.5. The molecular formula is C22H14ClNO5S. The Labute approximate surface area is 178 Å². The highest BCUT2D eigenvalue weighted by Gasteiger charge is 2.25. The third-order valence-corrected chi connectivity index (χ3v) is 5.65. The molecule has 0 aliphatic carbocycles. The van der Waals surface area contributed by atoms with Crippen LogP contribution in [-0.4, -0.2) is 20.3 Å². The maximum atomic E-state index is 12.5. The Bertz CT molecular complexity index is 1270. The monoisotopic (exact) mass is 439 g/mol. The molecule has 3 aromatic carbocycles. The van der Waals surface area contributed by atoms with Gasteiger partial charge in [-0.3, -0.25) is 0 Å². The Morgan fingerprint density at radius 2 is 1.57 bits per heavy atom. The van der Waals surface area contributed by atoms with Crippen LogP contribution in [0.15, 0.2) is 94.4 Å². The fraction of sp³-hybridized carbons (Fsp3) is 0. The van der Waals surface area contributed by atoms with Crippen LogP contribution in [0, 0.1) is 0 Å². The van der Waals surface area contributed by atoms with Crippen molar-refractivity contribution in [3.63, 3.8) is 0 Å². The predicted octanol–water partition coefficient (Wildman–Crippen LogP) is 4.45. The third kappa shape index (κ3) is 4.27. The molecule has 0 aromatic heterocycles. The molecule has 1 aliphatic heterocycles. The number of aliphatic imine (C=N–C) groups is 1. The molecule has 6 nitrogen and oxygen atoms in total. The average Bonchev–Trinajstić information content (AvgIpc) is 3.11. The zero-order valence-corrected chi connectivity index (χ0v) is 16.9. The molecule has 0 N–H and O–H groups in total. The summed E-state index contributed by atoms with van der Waals surface area (Å²) in [7, 11) is -4.03. The standard InChI is InChI=1S/C22H14ClNO5S/c23-17-12-10-15(11-13-17)21-24-19(22(25)28-21)14-16-6-4-5-9-20(16)29-30(26,27)18-7-2-1-3-8-18/h1-14H/b19-14-. The van der Waals surface area contributed by atoms with Crippen molar-refractivity contribution < 1.29 is 22.1 Å². The molecule has 1 heterocycles. The summed E-state index contributed by atoms with van der Waals surface area (Å²) < 4.78 is 35.6. The van der Waals surface area contributed by atoms with Crippen LogP contribution in [0.2, 0.25) is 5.02 Å². The van der Waals surface area contributed by atoms with E-state index in [-0.39, 0.29) is 22.2 Å². The molecule has 0 bridgehead atoms. The molecule has 1 aliphatic rings. The number of para-hydroxylation sites is 1. The lowest BCUT2D eigenvalue weighted by Crippen LogP contribution is -2.10. The first kappa shape index (κ1) is 19.9. The Balaban J connectivity index is 1.66. The van der Waals surface area contributed by atoms with Crippen molar-refractivity contribution in [1.29, 1.82) is 0 Å². The summed E-state index contributed by atoms with van der Waals surface area (Å²) >= 11 is 5.88. The molecule has 0 amide bonds. The van der Waals surface area contributed by atoms with Gasteiger partial charge in [0.15, 0.2) is 5.70 Å². The summed E-state index contributed by atoms with van der Waals surface area (Å²) in [6.07, 6.45) is 1.42. The number of esters is 1. The normalized spacial score (nSPS) is 15.0. The molecule has 0 saturated heterocycles. The van der Waals surface area contributed by atoms with E-state index in [0.717, 1.165) is 0 Å². The van der Waals surface area contributed by atoms with E-state index in [4.69, 9.17) is 20.5 Å². The lowest BCUT2D eigenvalue weighted by Gasteiger charge is -2.09. The van der Waals surface area contributed by atoms with E-state index in [0.29, 0.717) is 16.1 Å². The van der Waals surface area contributed by atoms with Crippen molar-refractivity contribution in [3.8, 4) is 5.75 Å². The number of ether oxygens (including phenoxy) is 1. The minimum absolute atomic E-state index is 0.0214. The molecule has 30 heavy (non-hydrogen) atoms. The van der Waals surface area contributed by atoms with E-state index in [9.17, 15) is 13.2 Å². The Hall–Kier alpha value is -3.42. The molecule has 0 spiro atoms. The molecule has 3 aromatic rings. The van der Waals surface area contributed by atoms with Gasteiger partial charge in [0.25, 0.3) is 0 Å². The lowest BCUT2D eigenvalue weighted by atomic mass is 10.1. The van der Waals surface area contributed by atoms with E-state index in [1.807, 2.05) is 0 Å². The first-order valence-corrected chi connectivity index (χ1v) is 10.6. The van der Waals surface area contributed by atoms with E-state index in [2.05, 4.69) is 4.99 Å². The highest BCUT2D eigenvalue weighted by atomic mass is 35.5. The number of nitrogens with zero attached hydrogens (tertiary/aromatic N) is 1. The molecule has 0 fully saturated rings. The topological polar surface area (TPSA) is 82.0 Å². The summed E-state index contributed by atoms with van der Waals surface area (Å²) in [5.74, 6) is -0.448. The van der Waals surface area contributed by atoms with Crippen LogP contribution in [0.5, 0.6) is 5.75 Å². The van der Waals surface area contributed by atoms with E-state index >= 15 is 0 Å². The van der Waals surface area contributed by atoms with Gasteiger partial charge in [-0.2, -0.15) is 8.42 Å². The second kappa shape index (κ2) is 8.14. The Morgan fingerprint density at radius 1 is 0.900 bits per heavy atom. The van der Waals surface area contributed by atoms with Gasteiger partial charge in [-0.1, -0.05) is 48.0 Å². The van der Waals surface area contributed by atoms with Gasteiger partial charge in [0.1, 0.15) is 10.6 Å². The van der Waals surface area contributed by atoms with E-state index in [1.165, 1.54) is 24.3 Å². The summed E-state index contributed by atoms with van der Waals surface area (Å²) in [6.45, 7) is 0. The van der Waals surface area contributed by atoms with Gasteiger partial charge in [-0.15, -0.1) is 0 Å². The number of benzene rings is 3. The number of hydrogen-bond acceptors (Lipinski definition) is 6. The minimum atomic E-state index is -4.03. The van der Waals surface area contributed by atoms with Crippen molar-refractivity contribution in [2.24, 2.45) is 4.99 Å². The number of carbonyl (C=O) groups is 1. The molecule has 8 heteroatoms. The molecule has 0 saturated carbocycles. The van der Waals surface area contributed by atoms with Crippen LogP contribution in [0.3, 0.4) is 0 Å². The number of cyclic esters (lactones) is 1. The number of rotatable bonds is 5. The molecule has 0 atom stereocenters. The van der Waals surface area contributed by atoms with Gasteiger partial charge in [-0.25, -0.2) is 9.79 Å². The SMILES string of the molecule is O=C1OC(c2ccc(Cl)cc2)=N/C1=C\c1ccccc1OS(=O)(=O)c1ccccc1. The quantitative estimate of drug-likeness (QED) is 0.333. The molecule has 4 rings (SSSR count). The summed E-state index contributed by atoms with van der Waals surface area (Å²) in [6, 6.07) is 20.9. The molecule has 0 unspecified atom stereocenters. The molecule has 150 valence electrons. The lowest BCUT2D eigenvalue weighted by molar-refractivity contribution is -0.129. The first-order valence-electron chi connectivity index (χ1n) is 8.79. The van der Waals surface area contributed by atoms with Crippen molar-refractivity contribution in [1.82, 2.24) is 0 Å². The van der Waals surface area contributed by atoms with Crippen LogP contribution < -0.4 is 4.18 Å². The molecular weight excluding hydrogens is 426 g/mol. The largest absolute Gasteiger partial charge is 0.402 e. The van der Waals surface area contributed by atoms with E-state index in [1.54, 1.807) is 60.7 Å². The number of carbonyl (C=O) groups excluding carboxylic acids is 1. The fourth-order valence-corrected chi connectivity index (χ4v) is 3.80. The van der Waals surface area contributed by atoms with Crippen LogP contribution >= 0.6 is 11.6 Å². The second-order valence-corrected chi connectivity index (χ2v) is 8.21. The van der Waals surface area contributed by atoms with Crippen molar-refractivity contribution >= 4 is 39.7 Å². The summed E-state index contributed by atoms with van der Waals surface area (Å²) in [4.78, 5) is 16.5. The van der Waals surface area contributed by atoms with Crippen LogP contribution in [0.1, 0.15) is 11.1 Å². The fourth-order valence-electron chi connectivity index (χ4n) is 2.70. The zero-order valence-electron chi connectivity index (χ0n) is 15.4. The highest BCUT2D eigenvalue weighted by Crippen LogP contribution is 2.27. The van der Waals surface area contributed by atoms with Gasteiger partial charge < -0.3 is 8.92 Å². The van der Waals surface area contributed by atoms with Gasteiger partial charge in [0.2, 0.25) is 5.90 Å². The van der Waals surface area contributed by atoms with Crippen LogP contribution in [0.4, 0.5) is 0 Å². The van der Waals surface area contributed by atoms with E-state index < -0.39 is 16.1 Å². The first-order chi connectivity index (χ1) is 14.4. The number of halogens is 1. The smallest absolute Gasteiger partial charge is 0.363 e. The summed E-state index contributed by atoms with van der Waals surface area (Å²) in [5.41, 5.74) is 0.977. The highest BCUT2D eigenvalue weighted by molar-refractivity contribution is 7.87. The average molecular weight is 440 g/mol. The molecule has 0 radical (unpaired) electrons. The van der Waals surface area contributed by atoms with Gasteiger partial charge in [0.05, 0.1) is 0 Å². The van der Waals surface area contributed by atoms with Crippen LogP contribution in [0.25, 0.3) is 6.08 Å².